The molecule has 1 amide bonds. The van der Waals surface area contributed by atoms with E-state index in [1.807, 2.05) is 55.5 Å². The zero-order valence-electron chi connectivity index (χ0n) is 19.1. The molecule has 0 heterocycles. The van der Waals surface area contributed by atoms with Gasteiger partial charge in [-0.05, 0) is 67.4 Å². The Morgan fingerprint density at radius 3 is 2.33 bits per heavy atom. The van der Waals surface area contributed by atoms with Crippen molar-refractivity contribution in [2.75, 3.05) is 32.7 Å². The lowest BCUT2D eigenvalue weighted by Crippen LogP contribution is -2.20. The van der Waals surface area contributed by atoms with Crippen LogP contribution in [0.5, 0.6) is 17.2 Å². The first kappa shape index (κ1) is 24.4. The van der Waals surface area contributed by atoms with Gasteiger partial charge in [-0.3, -0.25) is 4.79 Å². The number of carbonyl (C=O) groups is 1. The molecular weight excluding hydrogens is 440 g/mol. The van der Waals surface area contributed by atoms with Gasteiger partial charge >= 0.3 is 0 Å². The van der Waals surface area contributed by atoms with Crippen molar-refractivity contribution in [3.63, 3.8) is 0 Å². The number of carbonyl (C=O) groups excluding carboxylic acids is 1. The number of halogens is 1. The van der Waals surface area contributed by atoms with Gasteiger partial charge in [0.25, 0.3) is 5.91 Å². The number of benzene rings is 3. The molecule has 0 aliphatic heterocycles. The van der Waals surface area contributed by atoms with Crippen molar-refractivity contribution in [1.29, 1.82) is 0 Å². The van der Waals surface area contributed by atoms with Gasteiger partial charge in [0.1, 0.15) is 5.75 Å². The zero-order chi connectivity index (χ0) is 23.6. The quantitative estimate of drug-likeness (QED) is 0.387. The van der Waals surface area contributed by atoms with Gasteiger partial charge in [-0.25, -0.2) is 0 Å². The predicted molar refractivity (Wildman–Crippen MR) is 132 cm³/mol. The van der Waals surface area contributed by atoms with Gasteiger partial charge in [0.15, 0.2) is 18.1 Å². The van der Waals surface area contributed by atoms with Crippen molar-refractivity contribution in [1.82, 2.24) is 5.32 Å². The predicted octanol–water partition coefficient (Wildman–Crippen LogP) is 5.02. The molecule has 174 valence electrons. The molecule has 0 saturated carbocycles. The summed E-state index contributed by atoms with van der Waals surface area (Å²) in [5, 5.41) is 6.60. The van der Waals surface area contributed by atoms with Gasteiger partial charge in [-0.2, -0.15) is 0 Å². The highest BCUT2D eigenvalue weighted by atomic mass is 35.5. The van der Waals surface area contributed by atoms with Crippen molar-refractivity contribution in [2.24, 2.45) is 0 Å². The van der Waals surface area contributed by atoms with Crippen molar-refractivity contribution in [2.45, 2.75) is 19.9 Å². The molecule has 0 bridgehead atoms. The van der Waals surface area contributed by atoms with Crippen LogP contribution in [0.25, 0.3) is 0 Å². The summed E-state index contributed by atoms with van der Waals surface area (Å²) in [5.74, 6) is 1.41. The van der Waals surface area contributed by atoms with Crippen LogP contribution in [0.1, 0.15) is 16.7 Å². The highest BCUT2D eigenvalue weighted by Crippen LogP contribution is 2.36. The Kier molecular flexibility index (Phi) is 8.98. The van der Waals surface area contributed by atoms with Crippen LogP contribution in [-0.4, -0.2) is 33.3 Å². The molecule has 0 aliphatic rings. The number of nitrogens with one attached hydrogen (secondary N) is 2. The third kappa shape index (κ3) is 7.41. The molecule has 0 radical (unpaired) electrons. The maximum atomic E-state index is 12.2. The summed E-state index contributed by atoms with van der Waals surface area (Å²) in [6.45, 7) is 3.25. The van der Waals surface area contributed by atoms with E-state index in [0.29, 0.717) is 28.8 Å². The molecule has 0 fully saturated rings. The van der Waals surface area contributed by atoms with E-state index < -0.39 is 0 Å². The lowest BCUT2D eigenvalue weighted by molar-refractivity contribution is -0.118. The van der Waals surface area contributed by atoms with Crippen LogP contribution in [-0.2, 0) is 17.8 Å². The first-order valence-electron chi connectivity index (χ1n) is 10.7. The highest BCUT2D eigenvalue weighted by Gasteiger charge is 2.14. The first-order valence-corrected chi connectivity index (χ1v) is 11.1. The van der Waals surface area contributed by atoms with Crippen molar-refractivity contribution >= 4 is 23.2 Å². The summed E-state index contributed by atoms with van der Waals surface area (Å²) < 4.78 is 16.3. The standard InChI is InChI=1S/C26H29ClN2O4/c1-18-4-8-21(9-5-18)29-25(30)17-33-26-23(27)14-20(15-24(26)32-3)16-28-13-12-19-6-10-22(31-2)11-7-19/h4-11,14-15,28H,12-13,16-17H2,1-3H3,(H,29,30). The van der Waals surface area contributed by atoms with Gasteiger partial charge in [0.2, 0.25) is 0 Å². The maximum Gasteiger partial charge on any atom is 0.262 e. The van der Waals surface area contributed by atoms with Crippen molar-refractivity contribution in [3.05, 3.63) is 82.4 Å². The van der Waals surface area contributed by atoms with Crippen LogP contribution in [0.15, 0.2) is 60.7 Å². The minimum absolute atomic E-state index is 0.177. The largest absolute Gasteiger partial charge is 0.497 e. The minimum Gasteiger partial charge on any atom is -0.497 e. The molecule has 0 aromatic heterocycles. The fraction of sp³-hybridized carbons (Fsp3) is 0.269. The van der Waals surface area contributed by atoms with E-state index >= 15 is 0 Å². The van der Waals surface area contributed by atoms with E-state index in [1.165, 1.54) is 5.56 Å². The van der Waals surface area contributed by atoms with E-state index in [-0.39, 0.29) is 12.5 Å². The van der Waals surface area contributed by atoms with Crippen LogP contribution in [0.2, 0.25) is 5.02 Å². The summed E-state index contributed by atoms with van der Waals surface area (Å²) in [7, 11) is 3.21. The molecule has 33 heavy (non-hydrogen) atoms. The first-order chi connectivity index (χ1) is 16.0. The number of ether oxygens (including phenoxy) is 3. The molecule has 3 rings (SSSR count). The number of anilines is 1. The Labute approximate surface area is 199 Å². The molecule has 2 N–H and O–H groups in total. The Balaban J connectivity index is 1.51. The fourth-order valence-electron chi connectivity index (χ4n) is 3.24. The van der Waals surface area contributed by atoms with Crippen LogP contribution < -0.4 is 24.8 Å². The molecule has 3 aromatic rings. The average Bonchev–Trinajstić information content (AvgIpc) is 2.82. The van der Waals surface area contributed by atoms with E-state index in [9.17, 15) is 4.79 Å². The number of amides is 1. The molecule has 0 spiro atoms. The van der Waals surface area contributed by atoms with Crippen LogP contribution in [0.4, 0.5) is 5.69 Å². The second-order valence-electron chi connectivity index (χ2n) is 7.59. The van der Waals surface area contributed by atoms with Crippen LogP contribution in [0.3, 0.4) is 0 Å². The minimum atomic E-state index is -0.277. The normalized spacial score (nSPS) is 10.5. The topological polar surface area (TPSA) is 68.8 Å². The number of hydrogen-bond donors (Lipinski definition) is 2. The monoisotopic (exact) mass is 468 g/mol. The van der Waals surface area contributed by atoms with Gasteiger partial charge in [-0.15, -0.1) is 0 Å². The van der Waals surface area contributed by atoms with E-state index in [2.05, 4.69) is 22.8 Å². The molecule has 0 aliphatic carbocycles. The summed E-state index contributed by atoms with van der Waals surface area (Å²) in [4.78, 5) is 12.2. The highest BCUT2D eigenvalue weighted by molar-refractivity contribution is 6.32. The summed E-state index contributed by atoms with van der Waals surface area (Å²) in [6, 6.07) is 19.3. The van der Waals surface area contributed by atoms with E-state index in [0.717, 1.165) is 29.8 Å². The summed E-state index contributed by atoms with van der Waals surface area (Å²) in [6.07, 6.45) is 0.895. The molecule has 3 aromatic carbocycles. The molecule has 0 saturated heterocycles. The van der Waals surface area contributed by atoms with Gasteiger partial charge in [0.05, 0.1) is 19.2 Å². The molecule has 0 atom stereocenters. The fourth-order valence-corrected chi connectivity index (χ4v) is 3.53. The Morgan fingerprint density at radius 2 is 1.67 bits per heavy atom. The van der Waals surface area contributed by atoms with E-state index in [4.69, 9.17) is 25.8 Å². The second kappa shape index (κ2) is 12.1. The molecule has 0 unspecified atom stereocenters. The van der Waals surface area contributed by atoms with Crippen LogP contribution >= 0.6 is 11.6 Å². The van der Waals surface area contributed by atoms with Crippen molar-refractivity contribution < 1.29 is 19.0 Å². The lowest BCUT2D eigenvalue weighted by atomic mass is 10.1. The van der Waals surface area contributed by atoms with Gasteiger partial charge in [0, 0.05) is 12.2 Å². The maximum absolute atomic E-state index is 12.2. The number of hydrogen-bond acceptors (Lipinski definition) is 5. The van der Waals surface area contributed by atoms with Gasteiger partial charge in [-0.1, -0.05) is 41.4 Å². The van der Waals surface area contributed by atoms with E-state index in [1.54, 1.807) is 14.2 Å². The summed E-state index contributed by atoms with van der Waals surface area (Å²) in [5.41, 5.74) is 4.02. The molecular formula is C26H29ClN2O4. The average molecular weight is 469 g/mol. The second-order valence-corrected chi connectivity index (χ2v) is 7.99. The zero-order valence-corrected chi connectivity index (χ0v) is 19.9. The Morgan fingerprint density at radius 1 is 0.939 bits per heavy atom. The Bertz CT molecular complexity index is 1050. The number of methoxy groups -OCH3 is 2. The van der Waals surface area contributed by atoms with Crippen LogP contribution in [0, 0.1) is 6.92 Å². The number of rotatable bonds is 11. The van der Waals surface area contributed by atoms with Gasteiger partial charge < -0.3 is 24.8 Å². The third-order valence-electron chi connectivity index (χ3n) is 5.05. The molecule has 6 nitrogen and oxygen atoms in total. The summed E-state index contributed by atoms with van der Waals surface area (Å²) >= 11 is 6.44. The van der Waals surface area contributed by atoms with Crippen molar-refractivity contribution in [3.8, 4) is 17.2 Å². The molecule has 7 heteroatoms. The number of aryl methyl sites for hydroxylation is 1. The SMILES string of the molecule is COc1ccc(CCNCc2cc(Cl)c(OCC(=O)Nc3ccc(C)cc3)c(OC)c2)cc1. The smallest absolute Gasteiger partial charge is 0.262 e. The Hall–Kier alpha value is -3.22. The lowest BCUT2D eigenvalue weighted by Gasteiger charge is -2.15. The third-order valence-corrected chi connectivity index (χ3v) is 5.33.